The second kappa shape index (κ2) is 5.73. The molecule has 1 aromatic heterocycles. The minimum atomic E-state index is 0.0483. The summed E-state index contributed by atoms with van der Waals surface area (Å²) in [5.74, 6) is 0.0483. The molecular formula is C12H15ClN4O. The number of benzene rings is 1. The van der Waals surface area contributed by atoms with E-state index in [2.05, 4.69) is 12.2 Å². The quantitative estimate of drug-likeness (QED) is 0.782. The molecule has 0 bridgehead atoms. The average Bonchev–Trinajstić information content (AvgIpc) is 2.78. The Morgan fingerprint density at radius 3 is 2.67 bits per heavy atom. The van der Waals surface area contributed by atoms with Gasteiger partial charge < -0.3 is 10.3 Å². The molecule has 0 aliphatic rings. The van der Waals surface area contributed by atoms with Gasteiger partial charge in [-0.25, -0.2) is 0 Å². The van der Waals surface area contributed by atoms with E-state index in [9.17, 15) is 0 Å². The van der Waals surface area contributed by atoms with Crippen LogP contribution in [0.25, 0.3) is 5.73 Å². The summed E-state index contributed by atoms with van der Waals surface area (Å²) >= 11 is 5.86. The maximum Gasteiger partial charge on any atom is 0.256 e. The summed E-state index contributed by atoms with van der Waals surface area (Å²) in [6, 6.07) is 7.69. The highest BCUT2D eigenvalue weighted by atomic mass is 35.5. The summed E-state index contributed by atoms with van der Waals surface area (Å²) in [6.45, 7) is 3.62. The van der Waals surface area contributed by atoms with Gasteiger partial charge in [0, 0.05) is 5.02 Å². The van der Waals surface area contributed by atoms with E-state index in [1.807, 2.05) is 29.3 Å². The van der Waals surface area contributed by atoms with Gasteiger partial charge in [-0.3, -0.25) is 0 Å². The topological polar surface area (TPSA) is 57.0 Å². The third-order valence-corrected chi connectivity index (χ3v) is 2.76. The van der Waals surface area contributed by atoms with Crippen LogP contribution >= 0.6 is 11.6 Å². The summed E-state index contributed by atoms with van der Waals surface area (Å²) in [7, 11) is 0. The first-order valence-electron chi connectivity index (χ1n) is 5.79. The van der Waals surface area contributed by atoms with Crippen LogP contribution in [0.2, 0.25) is 5.02 Å². The van der Waals surface area contributed by atoms with Crippen molar-refractivity contribution in [2.45, 2.75) is 19.9 Å². The predicted molar refractivity (Wildman–Crippen MR) is 69.2 cm³/mol. The summed E-state index contributed by atoms with van der Waals surface area (Å²) in [6.07, 6.45) is 2.53. The van der Waals surface area contributed by atoms with Crippen molar-refractivity contribution >= 4 is 17.5 Å². The van der Waals surface area contributed by atoms with Crippen LogP contribution < -0.4 is 9.80 Å². The normalized spacial score (nSPS) is 10.6. The smallest absolute Gasteiger partial charge is 0.256 e. The van der Waals surface area contributed by atoms with Gasteiger partial charge in [0.05, 0.1) is 11.3 Å². The van der Waals surface area contributed by atoms with Crippen LogP contribution in [0.3, 0.4) is 0 Å². The Morgan fingerprint density at radius 1 is 1.39 bits per heavy atom. The van der Waals surface area contributed by atoms with Gasteiger partial charge in [0.25, 0.3) is 6.20 Å². The van der Waals surface area contributed by atoms with Gasteiger partial charge in [-0.1, -0.05) is 30.7 Å². The van der Waals surface area contributed by atoms with Crippen molar-refractivity contribution in [2.24, 2.45) is 0 Å². The Bertz CT molecular complexity index is 497. The molecule has 6 heteroatoms. The van der Waals surface area contributed by atoms with Gasteiger partial charge >= 0.3 is 0 Å². The highest BCUT2D eigenvalue weighted by Crippen LogP contribution is 2.10. The van der Waals surface area contributed by atoms with E-state index < -0.39 is 0 Å². The Labute approximate surface area is 111 Å². The fourth-order valence-corrected chi connectivity index (χ4v) is 1.81. The van der Waals surface area contributed by atoms with Crippen molar-refractivity contribution in [1.82, 2.24) is 5.27 Å². The molecule has 1 N–H and O–H groups in total. The molecule has 5 nitrogen and oxygen atoms in total. The van der Waals surface area contributed by atoms with Crippen LogP contribution in [-0.4, -0.2) is 11.8 Å². The van der Waals surface area contributed by atoms with Gasteiger partial charge in [-0.2, -0.15) is 0 Å². The van der Waals surface area contributed by atoms with E-state index >= 15 is 0 Å². The van der Waals surface area contributed by atoms with Crippen LogP contribution in [0.5, 0.6) is 0 Å². The summed E-state index contributed by atoms with van der Waals surface area (Å²) in [4.78, 5) is 1.57. The molecule has 96 valence electrons. The first kappa shape index (κ1) is 12.7. The molecule has 0 atom stereocenters. The zero-order chi connectivity index (χ0) is 13.0. The van der Waals surface area contributed by atoms with E-state index in [1.165, 1.54) is 0 Å². The van der Waals surface area contributed by atoms with Gasteiger partial charge in [-0.05, 0) is 24.1 Å². The Kier molecular flexibility index (Phi) is 4.04. The lowest BCUT2D eigenvalue weighted by Crippen LogP contribution is -2.58. The lowest BCUT2D eigenvalue weighted by molar-refractivity contribution is -0.760. The van der Waals surface area contributed by atoms with Crippen molar-refractivity contribution in [3.8, 4) is 0 Å². The van der Waals surface area contributed by atoms with Crippen molar-refractivity contribution < 1.29 is 9.31 Å². The fourth-order valence-electron chi connectivity index (χ4n) is 1.68. The number of hydrogen-bond donors (Lipinski definition) is 0. The molecule has 0 radical (unpaired) electrons. The van der Waals surface area contributed by atoms with Gasteiger partial charge in [0.15, 0.2) is 0 Å². The molecule has 0 saturated carbocycles. The second-order valence-corrected chi connectivity index (χ2v) is 4.44. The van der Waals surface area contributed by atoms with E-state index in [0.29, 0.717) is 6.54 Å². The van der Waals surface area contributed by atoms with E-state index in [1.54, 1.807) is 11.0 Å². The third kappa shape index (κ3) is 3.13. The largest absolute Gasteiger partial charge is 0.660 e. The monoisotopic (exact) mass is 266 g/mol. The lowest BCUT2D eigenvalue weighted by Gasteiger charge is -2.13. The molecule has 0 unspecified atom stereocenters. The molecule has 18 heavy (non-hydrogen) atoms. The van der Waals surface area contributed by atoms with Crippen LogP contribution in [-0.2, 0) is 6.54 Å². The van der Waals surface area contributed by atoms with Gasteiger partial charge in [0.1, 0.15) is 12.4 Å². The minimum Gasteiger partial charge on any atom is -0.660 e. The fraction of sp³-hybridized carbons (Fsp3) is 0.333. The summed E-state index contributed by atoms with van der Waals surface area (Å²) in [5.41, 5.74) is 8.49. The molecule has 0 saturated heterocycles. The second-order valence-electron chi connectivity index (χ2n) is 4.00. The molecule has 0 amide bonds. The highest BCUT2D eigenvalue weighted by molar-refractivity contribution is 6.30. The van der Waals surface area contributed by atoms with Crippen LogP contribution in [0.4, 0.5) is 5.88 Å². The van der Waals surface area contributed by atoms with Crippen LogP contribution in [0.15, 0.2) is 35.0 Å². The molecule has 0 aliphatic carbocycles. The van der Waals surface area contributed by atoms with Gasteiger partial charge in [-0.15, -0.1) is 5.01 Å². The SMILES string of the molecule is CCCN(Cc1ccc(Cl)cc1)[n+]1cc([NH-])on1. The standard InChI is InChI=1S/C12H15ClN4O/c1-2-7-16(17-9-12(14)18-15-17)8-10-3-5-11(13)6-4-10/h3-6,9,14H,2,7-8H2,1H3. The average molecular weight is 267 g/mol. The summed E-state index contributed by atoms with van der Waals surface area (Å²) in [5, 5.41) is 6.53. The zero-order valence-electron chi connectivity index (χ0n) is 10.1. The maximum atomic E-state index is 7.36. The lowest BCUT2D eigenvalue weighted by atomic mass is 10.2. The first-order valence-corrected chi connectivity index (χ1v) is 6.17. The molecule has 1 aromatic carbocycles. The molecule has 0 aliphatic heterocycles. The van der Waals surface area contributed by atoms with Gasteiger partial charge in [0.2, 0.25) is 5.27 Å². The van der Waals surface area contributed by atoms with Crippen molar-refractivity contribution in [3.63, 3.8) is 0 Å². The molecular weight excluding hydrogens is 252 g/mol. The number of aromatic nitrogens is 2. The van der Waals surface area contributed by atoms with Crippen molar-refractivity contribution in [2.75, 3.05) is 11.6 Å². The molecule has 0 fully saturated rings. The van der Waals surface area contributed by atoms with E-state index in [4.69, 9.17) is 21.9 Å². The Balaban J connectivity index is 2.13. The van der Waals surface area contributed by atoms with E-state index in [0.717, 1.165) is 23.6 Å². The van der Waals surface area contributed by atoms with Crippen molar-refractivity contribution in [1.29, 1.82) is 0 Å². The predicted octanol–water partition coefficient (Wildman–Crippen LogP) is 2.85. The maximum absolute atomic E-state index is 7.36. The molecule has 2 aromatic rings. The number of hydrogen-bond acceptors (Lipinski definition) is 3. The number of rotatable bonds is 5. The minimum absolute atomic E-state index is 0.0483. The van der Waals surface area contributed by atoms with E-state index in [-0.39, 0.29) is 5.88 Å². The number of halogens is 1. The number of nitrogens with one attached hydrogen (secondary N) is 1. The molecule has 0 spiro atoms. The Hall–Kier alpha value is -1.75. The zero-order valence-corrected chi connectivity index (χ0v) is 10.9. The highest BCUT2D eigenvalue weighted by Gasteiger charge is 2.17. The Morgan fingerprint density at radius 2 is 2.11 bits per heavy atom. The van der Waals surface area contributed by atoms with Crippen molar-refractivity contribution in [3.05, 3.63) is 46.8 Å². The molecule has 1 heterocycles. The summed E-state index contributed by atoms with van der Waals surface area (Å²) < 4.78 is 4.77. The van der Waals surface area contributed by atoms with Crippen LogP contribution in [0.1, 0.15) is 18.9 Å². The number of nitrogens with zero attached hydrogens (tertiary/aromatic N) is 3. The third-order valence-electron chi connectivity index (χ3n) is 2.51. The van der Waals surface area contributed by atoms with Crippen LogP contribution in [0, 0.1) is 0 Å². The first-order chi connectivity index (χ1) is 8.69. The molecule has 2 rings (SSSR count).